The number of nitrogens with zero attached hydrogens (tertiary/aromatic N) is 1. The normalized spacial score (nSPS) is 38.4. The van der Waals surface area contributed by atoms with Crippen molar-refractivity contribution in [2.45, 2.75) is 38.6 Å². The van der Waals surface area contributed by atoms with Gasteiger partial charge in [-0.2, -0.15) is 0 Å². The van der Waals surface area contributed by atoms with E-state index in [0.29, 0.717) is 6.54 Å². The third kappa shape index (κ3) is 2.07. The molecule has 3 nitrogen and oxygen atoms in total. The number of hydrogen-bond donors (Lipinski definition) is 1. The van der Waals surface area contributed by atoms with Crippen molar-refractivity contribution in [2.24, 2.45) is 35.3 Å². The molecule has 1 aromatic heterocycles. The summed E-state index contributed by atoms with van der Waals surface area (Å²) in [5.74, 6) is 6.85. The lowest BCUT2D eigenvalue weighted by atomic mass is 9.52. The second-order valence-corrected chi connectivity index (χ2v) is 7.42. The van der Waals surface area contributed by atoms with Crippen LogP contribution in [-0.2, 0) is 6.54 Å². The molecule has 5 rings (SSSR count). The Hall–Kier alpha value is -0.960. The lowest BCUT2D eigenvalue weighted by Crippen LogP contribution is -2.48. The highest BCUT2D eigenvalue weighted by molar-refractivity contribution is 5.35. The van der Waals surface area contributed by atoms with Crippen LogP contribution in [0.2, 0.25) is 0 Å². The van der Waals surface area contributed by atoms with Gasteiger partial charge in [-0.3, -0.25) is 0 Å². The molecular formula is C17H26N2O. The van der Waals surface area contributed by atoms with E-state index in [2.05, 4.69) is 18.0 Å². The minimum absolute atomic E-state index is 0.492. The predicted octanol–water partition coefficient (Wildman–Crippen LogP) is 3.25. The van der Waals surface area contributed by atoms with Crippen molar-refractivity contribution < 1.29 is 4.42 Å². The maximum atomic E-state index is 5.79. The summed E-state index contributed by atoms with van der Waals surface area (Å²) in [6.07, 6.45) is 7.53. The lowest BCUT2D eigenvalue weighted by Gasteiger charge is -2.55. The summed E-state index contributed by atoms with van der Waals surface area (Å²) in [6.45, 7) is 1.65. The van der Waals surface area contributed by atoms with Crippen LogP contribution in [0.5, 0.6) is 0 Å². The monoisotopic (exact) mass is 274 g/mol. The molecule has 3 heteroatoms. The molecule has 0 saturated heterocycles. The van der Waals surface area contributed by atoms with Crippen molar-refractivity contribution in [3.05, 3.63) is 17.9 Å². The van der Waals surface area contributed by atoms with Crippen molar-refractivity contribution >= 4 is 5.88 Å². The Labute approximate surface area is 121 Å². The van der Waals surface area contributed by atoms with Crippen molar-refractivity contribution in [3.8, 4) is 0 Å². The average Bonchev–Trinajstić information content (AvgIpc) is 2.91. The summed E-state index contributed by atoms with van der Waals surface area (Å²) < 4.78 is 5.79. The molecule has 0 atom stereocenters. The second kappa shape index (κ2) is 4.80. The molecule has 4 aliphatic carbocycles. The first-order valence-corrected chi connectivity index (χ1v) is 8.23. The van der Waals surface area contributed by atoms with Gasteiger partial charge in [-0.05, 0) is 67.8 Å². The largest absolute Gasteiger partial charge is 0.444 e. The third-order valence-corrected chi connectivity index (χ3v) is 6.13. The minimum atomic E-state index is 0.492. The van der Waals surface area contributed by atoms with Gasteiger partial charge in [0.15, 0.2) is 5.88 Å². The van der Waals surface area contributed by atoms with Gasteiger partial charge in [-0.15, -0.1) is 0 Å². The molecular weight excluding hydrogens is 248 g/mol. The number of nitrogens with two attached hydrogens (primary N) is 1. The molecule has 1 heterocycles. The van der Waals surface area contributed by atoms with E-state index in [9.17, 15) is 0 Å². The highest BCUT2D eigenvalue weighted by Gasteiger charge is 2.48. The van der Waals surface area contributed by atoms with Crippen LogP contribution in [0, 0.1) is 29.6 Å². The van der Waals surface area contributed by atoms with E-state index in [4.69, 9.17) is 10.2 Å². The van der Waals surface area contributed by atoms with E-state index in [-0.39, 0.29) is 0 Å². The fourth-order valence-electron chi connectivity index (χ4n) is 5.42. The van der Waals surface area contributed by atoms with Crippen LogP contribution in [-0.4, -0.2) is 13.6 Å². The Morgan fingerprint density at radius 3 is 2.30 bits per heavy atom. The fourth-order valence-corrected chi connectivity index (χ4v) is 5.42. The van der Waals surface area contributed by atoms with Gasteiger partial charge in [-0.1, -0.05) is 0 Å². The molecule has 0 amide bonds. The van der Waals surface area contributed by atoms with Gasteiger partial charge in [0.25, 0.3) is 0 Å². The summed E-state index contributed by atoms with van der Waals surface area (Å²) in [6, 6.07) is 4.07. The summed E-state index contributed by atoms with van der Waals surface area (Å²) in [7, 11) is 2.17. The Morgan fingerprint density at radius 1 is 1.10 bits per heavy atom. The Balaban J connectivity index is 1.46. The van der Waals surface area contributed by atoms with E-state index < -0.39 is 0 Å². The third-order valence-electron chi connectivity index (χ3n) is 6.13. The van der Waals surface area contributed by atoms with Gasteiger partial charge in [0.2, 0.25) is 0 Å². The second-order valence-electron chi connectivity index (χ2n) is 7.42. The topological polar surface area (TPSA) is 42.4 Å². The number of anilines is 1. The highest BCUT2D eigenvalue weighted by atomic mass is 16.4. The lowest BCUT2D eigenvalue weighted by molar-refractivity contribution is -0.0327. The first kappa shape index (κ1) is 12.8. The highest BCUT2D eigenvalue weighted by Crippen LogP contribution is 2.56. The van der Waals surface area contributed by atoms with Gasteiger partial charge >= 0.3 is 0 Å². The standard InChI is InChI=1S/C17H26N2O/c1-19(17-3-2-15(9-18)20-17)10-16-13-5-11-4-12(7-13)8-14(16)6-11/h2-3,11-14,16H,4-10,18H2,1H3. The van der Waals surface area contributed by atoms with Crippen LogP contribution >= 0.6 is 0 Å². The molecule has 0 spiro atoms. The zero-order valence-electron chi connectivity index (χ0n) is 12.4. The van der Waals surface area contributed by atoms with E-state index in [1.807, 2.05) is 6.07 Å². The smallest absolute Gasteiger partial charge is 0.195 e. The zero-order valence-corrected chi connectivity index (χ0v) is 12.4. The first-order valence-electron chi connectivity index (χ1n) is 8.23. The molecule has 20 heavy (non-hydrogen) atoms. The quantitative estimate of drug-likeness (QED) is 0.916. The van der Waals surface area contributed by atoms with E-state index in [1.165, 1.54) is 32.1 Å². The van der Waals surface area contributed by atoms with Crippen LogP contribution in [0.3, 0.4) is 0 Å². The van der Waals surface area contributed by atoms with Gasteiger partial charge in [0, 0.05) is 19.7 Å². The zero-order chi connectivity index (χ0) is 13.7. The van der Waals surface area contributed by atoms with Crippen molar-refractivity contribution in [1.29, 1.82) is 0 Å². The minimum Gasteiger partial charge on any atom is -0.444 e. The van der Waals surface area contributed by atoms with Crippen LogP contribution in [0.1, 0.15) is 37.9 Å². The molecule has 1 aromatic rings. The van der Waals surface area contributed by atoms with Gasteiger partial charge in [0.05, 0.1) is 6.54 Å². The molecule has 0 unspecified atom stereocenters. The molecule has 4 fully saturated rings. The van der Waals surface area contributed by atoms with Crippen molar-refractivity contribution in [1.82, 2.24) is 0 Å². The van der Waals surface area contributed by atoms with Gasteiger partial charge in [0.1, 0.15) is 5.76 Å². The van der Waals surface area contributed by atoms with Crippen LogP contribution in [0.4, 0.5) is 5.88 Å². The van der Waals surface area contributed by atoms with Crippen molar-refractivity contribution in [2.75, 3.05) is 18.5 Å². The summed E-state index contributed by atoms with van der Waals surface area (Å²) in [5.41, 5.74) is 5.63. The predicted molar refractivity (Wildman–Crippen MR) is 80.4 cm³/mol. The molecule has 0 radical (unpaired) electrons. The Kier molecular flexibility index (Phi) is 3.06. The SMILES string of the molecule is CN(CC1C2CC3CC(C2)CC1C3)c1ccc(CN)o1. The van der Waals surface area contributed by atoms with Crippen molar-refractivity contribution in [3.63, 3.8) is 0 Å². The van der Waals surface area contributed by atoms with E-state index in [1.54, 1.807) is 0 Å². The van der Waals surface area contributed by atoms with Gasteiger partial charge in [-0.25, -0.2) is 0 Å². The maximum Gasteiger partial charge on any atom is 0.195 e. The van der Waals surface area contributed by atoms with E-state index in [0.717, 1.165) is 47.8 Å². The fraction of sp³-hybridized carbons (Fsp3) is 0.765. The molecule has 0 aliphatic heterocycles. The Bertz CT molecular complexity index is 453. The summed E-state index contributed by atoms with van der Waals surface area (Å²) in [5, 5.41) is 0. The average molecular weight is 274 g/mol. The molecule has 4 bridgehead atoms. The van der Waals surface area contributed by atoms with Gasteiger partial charge < -0.3 is 15.1 Å². The number of rotatable bonds is 4. The van der Waals surface area contributed by atoms with Crippen LogP contribution in [0.15, 0.2) is 16.5 Å². The first-order chi connectivity index (χ1) is 9.72. The van der Waals surface area contributed by atoms with Crippen LogP contribution in [0.25, 0.3) is 0 Å². The molecule has 4 aliphatic rings. The summed E-state index contributed by atoms with van der Waals surface area (Å²) >= 11 is 0. The molecule has 2 N–H and O–H groups in total. The number of furan rings is 1. The molecule has 0 aromatic carbocycles. The van der Waals surface area contributed by atoms with E-state index >= 15 is 0 Å². The molecule has 110 valence electrons. The summed E-state index contributed by atoms with van der Waals surface area (Å²) in [4.78, 5) is 2.31. The number of hydrogen-bond acceptors (Lipinski definition) is 3. The maximum absolute atomic E-state index is 5.79. The Morgan fingerprint density at radius 2 is 1.75 bits per heavy atom. The van der Waals surface area contributed by atoms with Crippen LogP contribution < -0.4 is 10.6 Å². The molecule has 4 saturated carbocycles.